The lowest BCUT2D eigenvalue weighted by Gasteiger charge is -2.30. The van der Waals surface area contributed by atoms with Gasteiger partial charge in [-0.1, -0.05) is 29.8 Å². The standard InChI is InChI=1S/C35H48ClN3O7/c1-33(2,3)31(43)45-27-16-13-23(19-28(27)46-32(44)34(4,5)6)26(40)20-38-35(7,8)21-37-30(42)25-10-9-17-39(25)29(41)18-22-11-14-24(36)15-12-22/h11-16,19,25-26,38,40H,9-10,17-18,20-21H2,1-8H3,(H,37,42)/t25-,26?/m1/s1. The highest BCUT2D eigenvalue weighted by Crippen LogP contribution is 2.34. The van der Waals surface area contributed by atoms with Gasteiger partial charge in [-0.2, -0.15) is 0 Å². The number of hydrogen-bond donors (Lipinski definition) is 3. The largest absolute Gasteiger partial charge is 0.422 e. The highest BCUT2D eigenvalue weighted by molar-refractivity contribution is 6.30. The third kappa shape index (κ3) is 10.5. The number of carbonyl (C=O) groups is 4. The Hall–Kier alpha value is -3.47. The molecule has 0 spiro atoms. The number of nitrogens with one attached hydrogen (secondary N) is 2. The number of esters is 2. The van der Waals surface area contributed by atoms with Gasteiger partial charge in [-0.3, -0.25) is 19.2 Å². The van der Waals surface area contributed by atoms with Crippen LogP contribution in [0.4, 0.5) is 0 Å². The SMILES string of the molecule is CC(C)(CNC(=O)[C@H]1CCCN1C(=O)Cc1ccc(Cl)cc1)NCC(O)c1ccc(OC(=O)C(C)(C)C)c(OC(=O)C(C)(C)C)c1. The van der Waals surface area contributed by atoms with Crippen molar-refractivity contribution in [3.63, 3.8) is 0 Å². The quantitative estimate of drug-likeness (QED) is 0.227. The van der Waals surface area contributed by atoms with Crippen LogP contribution < -0.4 is 20.1 Å². The molecule has 2 aromatic rings. The minimum atomic E-state index is -1.01. The van der Waals surface area contributed by atoms with Crippen molar-refractivity contribution >= 4 is 35.4 Å². The zero-order valence-corrected chi connectivity index (χ0v) is 28.9. The molecule has 252 valence electrons. The summed E-state index contributed by atoms with van der Waals surface area (Å²) in [6, 6.07) is 11.2. The predicted octanol–water partition coefficient (Wildman–Crippen LogP) is 4.99. The average molecular weight is 658 g/mol. The Morgan fingerprint density at radius 2 is 1.50 bits per heavy atom. The van der Waals surface area contributed by atoms with E-state index in [1.54, 1.807) is 64.6 Å². The Morgan fingerprint density at radius 3 is 2.09 bits per heavy atom. The van der Waals surface area contributed by atoms with E-state index in [0.717, 1.165) is 12.0 Å². The summed E-state index contributed by atoms with van der Waals surface area (Å²) in [4.78, 5) is 53.0. The number of nitrogens with zero attached hydrogens (tertiary/aromatic N) is 1. The highest BCUT2D eigenvalue weighted by Gasteiger charge is 2.35. The Morgan fingerprint density at radius 1 is 0.913 bits per heavy atom. The van der Waals surface area contributed by atoms with Crippen molar-refractivity contribution in [2.24, 2.45) is 10.8 Å². The van der Waals surface area contributed by atoms with Crippen LogP contribution in [0.15, 0.2) is 42.5 Å². The summed E-state index contributed by atoms with van der Waals surface area (Å²) in [5, 5.41) is 17.9. The topological polar surface area (TPSA) is 134 Å². The molecule has 1 heterocycles. The van der Waals surface area contributed by atoms with E-state index in [1.165, 1.54) is 12.1 Å². The van der Waals surface area contributed by atoms with Crippen molar-refractivity contribution in [2.75, 3.05) is 19.6 Å². The molecule has 3 N–H and O–H groups in total. The van der Waals surface area contributed by atoms with Crippen LogP contribution in [0.3, 0.4) is 0 Å². The average Bonchev–Trinajstić information content (AvgIpc) is 3.46. The maximum absolute atomic E-state index is 13.2. The van der Waals surface area contributed by atoms with E-state index in [0.29, 0.717) is 23.6 Å². The molecule has 1 aliphatic rings. The molecule has 1 unspecified atom stereocenters. The first kappa shape index (κ1) is 37.0. The first-order chi connectivity index (χ1) is 21.3. The predicted molar refractivity (Wildman–Crippen MR) is 177 cm³/mol. The summed E-state index contributed by atoms with van der Waals surface area (Å²) in [5.74, 6) is -1.22. The van der Waals surface area contributed by atoms with Crippen LogP contribution in [0.1, 0.15) is 85.5 Å². The van der Waals surface area contributed by atoms with Crippen LogP contribution >= 0.6 is 11.6 Å². The Balaban J connectivity index is 1.61. The third-order valence-electron chi connectivity index (χ3n) is 7.61. The van der Waals surface area contributed by atoms with Gasteiger partial charge >= 0.3 is 11.9 Å². The number of likely N-dealkylation sites (tertiary alicyclic amines) is 1. The van der Waals surface area contributed by atoms with Gasteiger partial charge < -0.3 is 30.1 Å². The second-order valence-corrected chi connectivity index (χ2v) is 15.0. The van der Waals surface area contributed by atoms with Crippen LogP contribution in [0, 0.1) is 10.8 Å². The molecule has 1 fully saturated rings. The zero-order valence-electron chi connectivity index (χ0n) is 28.2. The van der Waals surface area contributed by atoms with Gasteiger partial charge in [-0.05, 0) is 104 Å². The fourth-order valence-corrected chi connectivity index (χ4v) is 4.72. The van der Waals surface area contributed by atoms with Crippen molar-refractivity contribution < 1.29 is 33.8 Å². The van der Waals surface area contributed by atoms with Crippen molar-refractivity contribution in [3.05, 3.63) is 58.6 Å². The molecule has 0 bridgehead atoms. The smallest absolute Gasteiger partial charge is 0.316 e. The van der Waals surface area contributed by atoms with E-state index in [2.05, 4.69) is 10.6 Å². The maximum Gasteiger partial charge on any atom is 0.316 e. The van der Waals surface area contributed by atoms with E-state index in [-0.39, 0.29) is 42.8 Å². The van der Waals surface area contributed by atoms with Gasteiger partial charge in [0.2, 0.25) is 11.8 Å². The molecule has 2 aromatic carbocycles. The van der Waals surface area contributed by atoms with Gasteiger partial charge in [0.05, 0.1) is 23.4 Å². The van der Waals surface area contributed by atoms with Crippen LogP contribution in [0.5, 0.6) is 11.5 Å². The normalized spacial score (nSPS) is 16.1. The number of ether oxygens (including phenoxy) is 2. The molecule has 0 aromatic heterocycles. The van der Waals surface area contributed by atoms with Gasteiger partial charge in [0.25, 0.3) is 0 Å². The van der Waals surface area contributed by atoms with Crippen molar-refractivity contribution in [1.82, 2.24) is 15.5 Å². The summed E-state index contributed by atoms with van der Waals surface area (Å²) in [5.41, 5.74) is -0.922. The van der Waals surface area contributed by atoms with Crippen molar-refractivity contribution in [2.45, 2.75) is 92.3 Å². The number of carbonyl (C=O) groups excluding carboxylic acids is 4. The lowest BCUT2D eigenvalue weighted by atomic mass is 9.97. The van der Waals surface area contributed by atoms with Crippen molar-refractivity contribution in [3.8, 4) is 11.5 Å². The third-order valence-corrected chi connectivity index (χ3v) is 7.86. The molecule has 0 saturated carbocycles. The first-order valence-electron chi connectivity index (χ1n) is 15.6. The van der Waals surface area contributed by atoms with Crippen LogP contribution in [0.2, 0.25) is 5.02 Å². The molecule has 0 aliphatic carbocycles. The molecule has 2 amide bonds. The summed E-state index contributed by atoms with van der Waals surface area (Å²) in [6.45, 7) is 15.0. The van der Waals surface area contributed by atoms with E-state index >= 15 is 0 Å². The molecular formula is C35H48ClN3O7. The van der Waals surface area contributed by atoms with E-state index in [9.17, 15) is 24.3 Å². The minimum absolute atomic E-state index is 0.0346. The van der Waals surface area contributed by atoms with Gasteiger partial charge in [0, 0.05) is 30.2 Å². The van der Waals surface area contributed by atoms with Gasteiger partial charge in [0.1, 0.15) is 6.04 Å². The zero-order chi connectivity index (χ0) is 34.4. The van der Waals surface area contributed by atoms with E-state index in [4.69, 9.17) is 21.1 Å². The fraction of sp³-hybridized carbons (Fsp3) is 0.543. The molecular weight excluding hydrogens is 610 g/mol. The lowest BCUT2D eigenvalue weighted by molar-refractivity contribution is -0.145. The number of β-amino-alcohol motifs (C(OH)–C–C–N with tert-alkyl or cyclic N) is 1. The second-order valence-electron chi connectivity index (χ2n) is 14.5. The maximum atomic E-state index is 13.2. The van der Waals surface area contributed by atoms with E-state index < -0.39 is 40.5 Å². The Labute approximate surface area is 277 Å². The fourth-order valence-electron chi connectivity index (χ4n) is 4.60. The number of hydrogen-bond acceptors (Lipinski definition) is 8. The number of rotatable bonds is 11. The van der Waals surface area contributed by atoms with Crippen LogP contribution in [-0.2, 0) is 25.6 Å². The summed E-state index contributed by atoms with van der Waals surface area (Å²) >= 11 is 5.95. The number of benzene rings is 2. The molecule has 10 nitrogen and oxygen atoms in total. The van der Waals surface area contributed by atoms with Gasteiger partial charge in [0.15, 0.2) is 11.5 Å². The number of aliphatic hydroxyl groups is 1. The Kier molecular flexibility index (Phi) is 12.0. The van der Waals surface area contributed by atoms with Crippen LogP contribution in [0.25, 0.3) is 0 Å². The van der Waals surface area contributed by atoms with E-state index in [1.807, 2.05) is 26.0 Å². The number of halogens is 1. The first-order valence-corrected chi connectivity index (χ1v) is 16.0. The minimum Gasteiger partial charge on any atom is -0.422 e. The summed E-state index contributed by atoms with van der Waals surface area (Å²) in [7, 11) is 0. The van der Waals surface area contributed by atoms with Gasteiger partial charge in [-0.25, -0.2) is 0 Å². The molecule has 11 heteroatoms. The summed E-state index contributed by atoms with van der Waals surface area (Å²) in [6.07, 6.45) is 0.529. The van der Waals surface area contributed by atoms with Crippen LogP contribution in [-0.4, -0.2) is 65.0 Å². The highest BCUT2D eigenvalue weighted by atomic mass is 35.5. The van der Waals surface area contributed by atoms with Crippen molar-refractivity contribution in [1.29, 1.82) is 0 Å². The monoisotopic (exact) mass is 657 g/mol. The lowest BCUT2D eigenvalue weighted by Crippen LogP contribution is -2.53. The summed E-state index contributed by atoms with van der Waals surface area (Å²) < 4.78 is 11.2. The molecule has 0 radical (unpaired) electrons. The van der Waals surface area contributed by atoms with Gasteiger partial charge in [-0.15, -0.1) is 0 Å². The Bertz CT molecular complexity index is 1410. The molecule has 1 aliphatic heterocycles. The molecule has 2 atom stereocenters. The number of aliphatic hydroxyl groups excluding tert-OH is 1. The molecule has 3 rings (SSSR count). The second kappa shape index (κ2) is 15.0. The molecule has 46 heavy (non-hydrogen) atoms. The molecule has 1 saturated heterocycles. The number of amides is 2.